The molecule has 0 spiro atoms. The number of nitrogens with two attached hydrogens (primary N) is 1. The largest absolute Gasteiger partial charge is 0.416 e. The Morgan fingerprint density at radius 1 is 1.00 bits per heavy atom. The van der Waals surface area contributed by atoms with E-state index in [1.165, 1.54) is 19.6 Å². The van der Waals surface area contributed by atoms with Crippen molar-refractivity contribution >= 4 is 11.8 Å². The molecule has 2 heterocycles. The van der Waals surface area contributed by atoms with Gasteiger partial charge in [-0.15, -0.1) is 0 Å². The maximum Gasteiger partial charge on any atom is 0.416 e. The molecule has 0 bridgehead atoms. The van der Waals surface area contributed by atoms with Crippen molar-refractivity contribution in [3.63, 3.8) is 0 Å². The molecule has 6 nitrogen and oxygen atoms in total. The molecule has 42 heavy (non-hydrogen) atoms. The van der Waals surface area contributed by atoms with Gasteiger partial charge in [0.2, 0.25) is 11.8 Å². The fourth-order valence-electron chi connectivity index (χ4n) is 5.42. The number of alkyl halides is 6. The van der Waals surface area contributed by atoms with Crippen LogP contribution in [0.5, 0.6) is 0 Å². The molecular formula is C30H37F6N3O3. The highest BCUT2D eigenvalue weighted by Crippen LogP contribution is 2.38. The third kappa shape index (κ3) is 9.45. The van der Waals surface area contributed by atoms with Gasteiger partial charge in [-0.2, -0.15) is 26.3 Å². The van der Waals surface area contributed by atoms with Crippen LogP contribution in [0, 0.1) is 5.92 Å². The van der Waals surface area contributed by atoms with Crippen molar-refractivity contribution in [3.05, 3.63) is 70.8 Å². The van der Waals surface area contributed by atoms with E-state index in [-0.39, 0.29) is 36.0 Å². The molecule has 0 saturated carbocycles. The summed E-state index contributed by atoms with van der Waals surface area (Å²) >= 11 is 0. The Bertz CT molecular complexity index is 1160. The molecule has 2 aromatic rings. The molecule has 2 fully saturated rings. The summed E-state index contributed by atoms with van der Waals surface area (Å²) in [6.07, 6.45) is -5.62. The molecule has 2 aliphatic rings. The number of benzene rings is 2. The summed E-state index contributed by atoms with van der Waals surface area (Å²) in [7, 11) is 1.21. The van der Waals surface area contributed by atoms with Crippen LogP contribution in [-0.4, -0.2) is 54.9 Å². The Morgan fingerprint density at radius 3 is 2.14 bits per heavy atom. The van der Waals surface area contributed by atoms with Crippen LogP contribution in [0.4, 0.5) is 26.3 Å². The monoisotopic (exact) mass is 601 g/mol. The highest BCUT2D eigenvalue weighted by molar-refractivity contribution is 5.77. The van der Waals surface area contributed by atoms with E-state index >= 15 is 0 Å². The summed E-state index contributed by atoms with van der Waals surface area (Å²) in [6, 6.07) is 12.0. The Labute approximate surface area is 241 Å². The number of halogens is 6. The standard InChI is InChI=1S/C19H27N3O2.C11H10F6O/c20-18(23)14-22-13-15(12-21-11-5-4-8-19(21)24)9-10-17(22)16-6-2-1-3-7-16;1-6(18-2)7-3-8(10(12,13)14)5-9(4-7)11(15,16)17/h1-3,6-7,15,17H,4-5,8-14H2,(H2,20,23);3-6H,1-2H3/t15-,17+;6-/m11/s1. The van der Waals surface area contributed by atoms with E-state index in [9.17, 15) is 35.9 Å². The zero-order valence-corrected chi connectivity index (χ0v) is 23.7. The molecule has 0 aromatic heterocycles. The number of carbonyl (C=O) groups is 2. The van der Waals surface area contributed by atoms with Crippen molar-refractivity contribution in [2.24, 2.45) is 11.7 Å². The Balaban J connectivity index is 0.000000241. The summed E-state index contributed by atoms with van der Waals surface area (Å²) in [5.74, 6) is 0.421. The first-order chi connectivity index (χ1) is 19.7. The fourth-order valence-corrected chi connectivity index (χ4v) is 5.42. The van der Waals surface area contributed by atoms with Gasteiger partial charge in [0.15, 0.2) is 0 Å². The number of amides is 2. The number of likely N-dealkylation sites (tertiary alicyclic amines) is 2. The number of rotatable bonds is 7. The van der Waals surface area contributed by atoms with E-state index in [2.05, 4.69) is 17.0 Å². The zero-order valence-electron chi connectivity index (χ0n) is 23.7. The van der Waals surface area contributed by atoms with E-state index in [1.54, 1.807) is 0 Å². The molecule has 3 atom stereocenters. The van der Waals surface area contributed by atoms with E-state index in [1.807, 2.05) is 23.1 Å². The molecule has 0 unspecified atom stereocenters. The number of hydrogen-bond acceptors (Lipinski definition) is 4. The minimum atomic E-state index is -4.83. The van der Waals surface area contributed by atoms with Crippen LogP contribution in [0.2, 0.25) is 0 Å². The number of methoxy groups -OCH3 is 1. The third-order valence-corrected chi connectivity index (χ3v) is 7.66. The number of hydrogen-bond donors (Lipinski definition) is 1. The smallest absolute Gasteiger partial charge is 0.377 e. The molecular weight excluding hydrogens is 564 g/mol. The molecule has 232 valence electrons. The maximum atomic E-state index is 12.5. The molecule has 2 aromatic carbocycles. The Morgan fingerprint density at radius 2 is 1.62 bits per heavy atom. The Hall–Kier alpha value is -3.12. The summed E-state index contributed by atoms with van der Waals surface area (Å²) in [4.78, 5) is 27.8. The van der Waals surface area contributed by atoms with Gasteiger partial charge in [0.1, 0.15) is 0 Å². The molecule has 2 N–H and O–H groups in total. The second-order valence-electron chi connectivity index (χ2n) is 10.8. The van der Waals surface area contributed by atoms with Crippen LogP contribution < -0.4 is 5.73 Å². The van der Waals surface area contributed by atoms with Gasteiger partial charge in [-0.3, -0.25) is 14.5 Å². The molecule has 4 rings (SSSR count). The normalized spacial score (nSPS) is 21.0. The van der Waals surface area contributed by atoms with Crippen LogP contribution in [0.3, 0.4) is 0 Å². The van der Waals surface area contributed by atoms with Crippen LogP contribution >= 0.6 is 0 Å². The van der Waals surface area contributed by atoms with Crippen LogP contribution in [0.15, 0.2) is 48.5 Å². The van der Waals surface area contributed by atoms with Gasteiger partial charge in [-0.25, -0.2) is 0 Å². The van der Waals surface area contributed by atoms with Crippen LogP contribution in [0.1, 0.15) is 73.4 Å². The van der Waals surface area contributed by atoms with Crippen molar-refractivity contribution in [2.45, 2.75) is 63.5 Å². The third-order valence-electron chi connectivity index (χ3n) is 7.66. The average Bonchev–Trinajstić information content (AvgIpc) is 2.93. The van der Waals surface area contributed by atoms with Crippen LogP contribution in [-0.2, 0) is 26.7 Å². The summed E-state index contributed by atoms with van der Waals surface area (Å²) in [5, 5.41) is 0. The summed E-state index contributed by atoms with van der Waals surface area (Å²) < 4.78 is 79.7. The van der Waals surface area contributed by atoms with Gasteiger partial charge >= 0.3 is 12.4 Å². The van der Waals surface area contributed by atoms with E-state index in [0.717, 1.165) is 45.3 Å². The molecule has 12 heteroatoms. The van der Waals surface area contributed by atoms with Gasteiger partial charge in [-0.1, -0.05) is 30.3 Å². The van der Waals surface area contributed by atoms with Crippen LogP contribution in [0.25, 0.3) is 0 Å². The number of ether oxygens (including phenoxy) is 1. The number of carbonyl (C=O) groups excluding carboxylic acids is 2. The minimum Gasteiger partial charge on any atom is -0.377 e. The second kappa shape index (κ2) is 14.4. The van der Waals surface area contributed by atoms with Crippen molar-refractivity contribution < 1.29 is 40.7 Å². The van der Waals surface area contributed by atoms with E-state index in [0.29, 0.717) is 24.5 Å². The van der Waals surface area contributed by atoms with Gasteiger partial charge in [0, 0.05) is 39.2 Å². The minimum absolute atomic E-state index is 0.0892. The number of primary amides is 1. The summed E-state index contributed by atoms with van der Waals surface area (Å²) in [6.45, 7) is 4.18. The second-order valence-corrected chi connectivity index (χ2v) is 10.8. The van der Waals surface area contributed by atoms with Crippen molar-refractivity contribution in [1.29, 1.82) is 0 Å². The van der Waals surface area contributed by atoms with E-state index < -0.39 is 29.6 Å². The zero-order chi connectivity index (χ0) is 31.1. The lowest BCUT2D eigenvalue weighted by molar-refractivity contribution is -0.143. The maximum absolute atomic E-state index is 12.5. The predicted molar refractivity (Wildman–Crippen MR) is 145 cm³/mol. The molecule has 0 radical (unpaired) electrons. The van der Waals surface area contributed by atoms with E-state index in [4.69, 9.17) is 10.5 Å². The van der Waals surface area contributed by atoms with Gasteiger partial charge in [0.25, 0.3) is 0 Å². The van der Waals surface area contributed by atoms with Gasteiger partial charge < -0.3 is 15.4 Å². The first-order valence-electron chi connectivity index (χ1n) is 13.9. The topological polar surface area (TPSA) is 75.9 Å². The lowest BCUT2D eigenvalue weighted by atomic mass is 9.88. The first-order valence-corrected chi connectivity index (χ1v) is 13.9. The molecule has 0 aliphatic carbocycles. The predicted octanol–water partition coefficient (Wildman–Crippen LogP) is 6.37. The fraction of sp³-hybridized carbons (Fsp3) is 0.533. The lowest BCUT2D eigenvalue weighted by Crippen LogP contribution is -2.47. The molecule has 2 amide bonds. The first kappa shape index (κ1) is 33.4. The van der Waals surface area contributed by atoms with Gasteiger partial charge in [-0.05, 0) is 67.9 Å². The SMILES string of the molecule is CO[C@H](C)c1cc(C(F)(F)F)cc(C(F)(F)F)c1.NC(=O)CN1C[C@@H](CN2CCCCC2=O)CC[C@H]1c1ccccc1. The number of piperidine rings is 2. The highest BCUT2D eigenvalue weighted by Gasteiger charge is 2.37. The lowest BCUT2D eigenvalue weighted by Gasteiger charge is -2.41. The number of nitrogens with zero attached hydrogens (tertiary/aromatic N) is 2. The van der Waals surface area contributed by atoms with Gasteiger partial charge in [0.05, 0.1) is 23.8 Å². The molecule has 2 saturated heterocycles. The molecule has 2 aliphatic heterocycles. The highest BCUT2D eigenvalue weighted by atomic mass is 19.4. The quantitative estimate of drug-likeness (QED) is 0.375. The average molecular weight is 602 g/mol. The Kier molecular flexibility index (Phi) is 11.4. The summed E-state index contributed by atoms with van der Waals surface area (Å²) in [5.41, 5.74) is 3.87. The van der Waals surface area contributed by atoms with Crippen molar-refractivity contribution in [2.75, 3.05) is 33.3 Å². The van der Waals surface area contributed by atoms with Crippen molar-refractivity contribution in [3.8, 4) is 0 Å². The van der Waals surface area contributed by atoms with Crippen molar-refractivity contribution in [1.82, 2.24) is 9.80 Å².